The van der Waals surface area contributed by atoms with E-state index >= 15 is 0 Å². The van der Waals surface area contributed by atoms with E-state index in [1.54, 1.807) is 5.56 Å². The van der Waals surface area contributed by atoms with Crippen molar-refractivity contribution in [3.05, 3.63) is 65.2 Å². The number of rotatable bonds is 14. The summed E-state index contributed by atoms with van der Waals surface area (Å²) in [4.78, 5) is 0. The first-order chi connectivity index (χ1) is 15.8. The molecular weight excluding hydrogens is 388 g/mol. The van der Waals surface area contributed by atoms with E-state index in [-0.39, 0.29) is 0 Å². The Morgan fingerprint density at radius 3 is 1.88 bits per heavy atom. The lowest BCUT2D eigenvalue weighted by Crippen LogP contribution is -2.13. The second kappa shape index (κ2) is 14.4. The summed E-state index contributed by atoms with van der Waals surface area (Å²) in [6.07, 6.45) is 18.5. The molecule has 0 N–H and O–H groups in total. The first-order valence-corrected chi connectivity index (χ1v) is 13.6. The van der Waals surface area contributed by atoms with Crippen molar-refractivity contribution in [1.29, 1.82) is 0 Å². The van der Waals surface area contributed by atoms with Gasteiger partial charge in [0, 0.05) is 0 Å². The number of benzene rings is 2. The number of unbranched alkanes of at least 4 members (excludes halogenated alkanes) is 5. The molecule has 3 rings (SSSR count). The molecule has 0 heterocycles. The topological polar surface area (TPSA) is 9.23 Å². The molecular formula is C31H46O. The van der Waals surface area contributed by atoms with Gasteiger partial charge in [-0.2, -0.15) is 0 Å². The van der Waals surface area contributed by atoms with Crippen LogP contribution < -0.4 is 4.74 Å². The summed E-state index contributed by atoms with van der Waals surface area (Å²) in [5, 5.41) is 0. The Morgan fingerprint density at radius 1 is 0.656 bits per heavy atom. The van der Waals surface area contributed by atoms with E-state index in [4.69, 9.17) is 4.74 Å². The van der Waals surface area contributed by atoms with Crippen molar-refractivity contribution in [1.82, 2.24) is 0 Å². The van der Waals surface area contributed by atoms with Crippen LogP contribution in [-0.2, 0) is 12.8 Å². The van der Waals surface area contributed by atoms with Gasteiger partial charge in [-0.1, -0.05) is 95.2 Å². The maximum atomic E-state index is 5.90. The number of hydrogen-bond donors (Lipinski definition) is 0. The monoisotopic (exact) mass is 434 g/mol. The summed E-state index contributed by atoms with van der Waals surface area (Å²) >= 11 is 0. The molecule has 2 aromatic rings. The lowest BCUT2D eigenvalue weighted by Gasteiger charge is -2.29. The first-order valence-electron chi connectivity index (χ1n) is 13.6. The second-order valence-electron chi connectivity index (χ2n) is 10.0. The van der Waals surface area contributed by atoms with Crippen LogP contribution >= 0.6 is 0 Å². The minimum Gasteiger partial charge on any atom is -0.494 e. The van der Waals surface area contributed by atoms with E-state index in [2.05, 4.69) is 62.4 Å². The molecule has 0 saturated heterocycles. The van der Waals surface area contributed by atoms with E-state index in [0.29, 0.717) is 0 Å². The Bertz CT molecular complexity index is 722. The highest BCUT2D eigenvalue weighted by molar-refractivity contribution is 5.30. The maximum absolute atomic E-state index is 5.90. The lowest BCUT2D eigenvalue weighted by molar-refractivity contribution is 0.304. The van der Waals surface area contributed by atoms with Crippen LogP contribution in [0.2, 0.25) is 0 Å². The number of aryl methyl sites for hydroxylation is 2. The molecule has 0 bridgehead atoms. The van der Waals surface area contributed by atoms with Gasteiger partial charge in [-0.3, -0.25) is 0 Å². The summed E-state index contributed by atoms with van der Waals surface area (Å²) in [6, 6.07) is 18.3. The highest BCUT2D eigenvalue weighted by Gasteiger charge is 2.21. The molecule has 0 unspecified atom stereocenters. The van der Waals surface area contributed by atoms with E-state index in [1.807, 2.05) is 0 Å². The highest BCUT2D eigenvalue weighted by atomic mass is 16.5. The van der Waals surface area contributed by atoms with E-state index in [1.165, 1.54) is 81.8 Å². The fraction of sp³-hybridized carbons (Fsp3) is 0.613. The average molecular weight is 435 g/mol. The summed E-state index contributed by atoms with van der Waals surface area (Å²) in [5.41, 5.74) is 4.42. The van der Waals surface area contributed by atoms with Crippen molar-refractivity contribution >= 4 is 0 Å². The molecule has 1 aliphatic rings. The van der Waals surface area contributed by atoms with Crippen LogP contribution in [0.15, 0.2) is 48.5 Å². The predicted octanol–water partition coefficient (Wildman–Crippen LogP) is 9.29. The van der Waals surface area contributed by atoms with E-state index in [0.717, 1.165) is 43.5 Å². The highest BCUT2D eigenvalue weighted by Crippen LogP contribution is 2.37. The molecule has 176 valence electrons. The van der Waals surface area contributed by atoms with Gasteiger partial charge in [0.15, 0.2) is 0 Å². The molecule has 0 aromatic heterocycles. The molecule has 1 heteroatoms. The Hall–Kier alpha value is -1.76. The molecule has 2 aromatic carbocycles. The van der Waals surface area contributed by atoms with Crippen LogP contribution in [0.4, 0.5) is 0 Å². The third kappa shape index (κ3) is 8.64. The SMILES string of the molecule is CCCCCCCOc1ccc(CCc2ccc(C3CCC(CCCC)CC3)cc2)cc1. The minimum atomic E-state index is 0.793. The Morgan fingerprint density at radius 2 is 1.25 bits per heavy atom. The van der Waals surface area contributed by atoms with E-state index in [9.17, 15) is 0 Å². The number of ether oxygens (including phenoxy) is 1. The molecule has 0 atom stereocenters. The van der Waals surface area contributed by atoms with Gasteiger partial charge in [0.1, 0.15) is 5.75 Å². The molecule has 0 radical (unpaired) electrons. The summed E-state index contributed by atoms with van der Waals surface area (Å²) in [6.45, 7) is 5.41. The Labute approximate surface area is 198 Å². The molecule has 1 saturated carbocycles. The molecule has 0 spiro atoms. The van der Waals surface area contributed by atoms with Gasteiger partial charge >= 0.3 is 0 Å². The lowest BCUT2D eigenvalue weighted by atomic mass is 9.77. The van der Waals surface area contributed by atoms with Crippen LogP contribution in [-0.4, -0.2) is 6.61 Å². The Kier molecular flexibility index (Phi) is 11.2. The van der Waals surface area contributed by atoms with Crippen LogP contribution in [0.3, 0.4) is 0 Å². The molecule has 1 nitrogen and oxygen atoms in total. The van der Waals surface area contributed by atoms with Gasteiger partial charge in [-0.25, -0.2) is 0 Å². The predicted molar refractivity (Wildman–Crippen MR) is 139 cm³/mol. The fourth-order valence-electron chi connectivity index (χ4n) is 5.17. The zero-order valence-electron chi connectivity index (χ0n) is 20.8. The summed E-state index contributed by atoms with van der Waals surface area (Å²) < 4.78 is 5.90. The van der Waals surface area contributed by atoms with Gasteiger partial charge < -0.3 is 4.74 Å². The van der Waals surface area contributed by atoms with Gasteiger partial charge in [0.05, 0.1) is 6.61 Å². The van der Waals surface area contributed by atoms with Gasteiger partial charge in [0.2, 0.25) is 0 Å². The summed E-state index contributed by atoms with van der Waals surface area (Å²) in [5.74, 6) is 2.80. The van der Waals surface area contributed by atoms with Crippen LogP contribution in [0.5, 0.6) is 5.75 Å². The van der Waals surface area contributed by atoms with Gasteiger partial charge in [0.25, 0.3) is 0 Å². The van der Waals surface area contributed by atoms with Gasteiger partial charge in [-0.05, 0) is 85.6 Å². The van der Waals surface area contributed by atoms with Crippen molar-refractivity contribution in [2.45, 2.75) is 110 Å². The van der Waals surface area contributed by atoms with Crippen LogP contribution in [0.1, 0.15) is 114 Å². The molecule has 32 heavy (non-hydrogen) atoms. The molecule has 0 amide bonds. The van der Waals surface area contributed by atoms with Crippen molar-refractivity contribution in [2.75, 3.05) is 6.61 Å². The molecule has 1 fully saturated rings. The third-order valence-corrected chi connectivity index (χ3v) is 7.41. The van der Waals surface area contributed by atoms with Crippen molar-refractivity contribution < 1.29 is 4.74 Å². The number of hydrogen-bond acceptors (Lipinski definition) is 1. The van der Waals surface area contributed by atoms with Crippen molar-refractivity contribution in [3.8, 4) is 5.75 Å². The third-order valence-electron chi connectivity index (χ3n) is 7.41. The Balaban J connectivity index is 1.36. The first kappa shape index (κ1) is 24.9. The van der Waals surface area contributed by atoms with E-state index < -0.39 is 0 Å². The maximum Gasteiger partial charge on any atom is 0.119 e. The molecule has 0 aliphatic heterocycles. The standard InChI is InChI=1S/C31H46O/c1-3-5-7-8-9-25-32-31-23-17-28(18-24-31)12-11-27-15-21-30(22-16-27)29-19-13-26(14-20-29)10-6-4-2/h15-18,21-24,26,29H,3-14,19-20,25H2,1-2H3. The average Bonchev–Trinajstić information content (AvgIpc) is 2.85. The zero-order chi connectivity index (χ0) is 22.4. The summed E-state index contributed by atoms with van der Waals surface area (Å²) in [7, 11) is 0. The van der Waals surface area contributed by atoms with Crippen LogP contribution in [0, 0.1) is 5.92 Å². The van der Waals surface area contributed by atoms with Crippen molar-refractivity contribution in [3.63, 3.8) is 0 Å². The second-order valence-corrected chi connectivity index (χ2v) is 10.0. The fourth-order valence-corrected chi connectivity index (χ4v) is 5.17. The smallest absolute Gasteiger partial charge is 0.119 e. The van der Waals surface area contributed by atoms with Crippen molar-refractivity contribution in [2.24, 2.45) is 5.92 Å². The largest absolute Gasteiger partial charge is 0.494 e. The zero-order valence-corrected chi connectivity index (χ0v) is 20.8. The van der Waals surface area contributed by atoms with Crippen LogP contribution in [0.25, 0.3) is 0 Å². The minimum absolute atomic E-state index is 0.793. The quantitative estimate of drug-likeness (QED) is 0.269. The molecule has 1 aliphatic carbocycles. The van der Waals surface area contributed by atoms with Gasteiger partial charge in [-0.15, -0.1) is 0 Å². The normalized spacial score (nSPS) is 18.6.